The van der Waals surface area contributed by atoms with E-state index in [2.05, 4.69) is 6.07 Å². The molecule has 1 aliphatic rings. The summed E-state index contributed by atoms with van der Waals surface area (Å²) in [5.41, 5.74) is 2.17. The van der Waals surface area contributed by atoms with Gasteiger partial charge >= 0.3 is 0 Å². The third-order valence-corrected chi connectivity index (χ3v) is 4.35. The van der Waals surface area contributed by atoms with Gasteiger partial charge in [0.1, 0.15) is 13.2 Å². The summed E-state index contributed by atoms with van der Waals surface area (Å²) in [5, 5.41) is 8.95. The van der Waals surface area contributed by atoms with Gasteiger partial charge in [-0.2, -0.15) is 5.26 Å². The first-order chi connectivity index (χ1) is 13.1. The molecule has 1 heterocycles. The summed E-state index contributed by atoms with van der Waals surface area (Å²) < 4.78 is 11.1. The number of amides is 1. The summed E-state index contributed by atoms with van der Waals surface area (Å²) in [6, 6.07) is 14.7. The van der Waals surface area contributed by atoms with E-state index < -0.39 is 0 Å². The molecule has 6 nitrogen and oxygen atoms in total. The second-order valence-electron chi connectivity index (χ2n) is 6.70. The highest BCUT2D eigenvalue weighted by atomic mass is 16.6. The number of carbonyl (C=O) groups excluding carboxylic acids is 1. The maximum Gasteiger partial charge on any atom is 0.254 e. The third kappa shape index (κ3) is 4.78. The van der Waals surface area contributed by atoms with E-state index in [1.54, 1.807) is 30.3 Å². The van der Waals surface area contributed by atoms with Crippen molar-refractivity contribution in [3.63, 3.8) is 0 Å². The minimum atomic E-state index is -0.0572. The predicted octanol–water partition coefficient (Wildman–Crippen LogP) is 2.53. The van der Waals surface area contributed by atoms with Gasteiger partial charge < -0.3 is 19.3 Å². The molecule has 0 aromatic heterocycles. The third-order valence-electron chi connectivity index (χ3n) is 4.35. The molecule has 140 valence electrons. The van der Waals surface area contributed by atoms with Crippen molar-refractivity contribution in [3.8, 4) is 17.6 Å². The number of rotatable bonds is 6. The van der Waals surface area contributed by atoms with Gasteiger partial charge in [-0.05, 0) is 50.0 Å². The first-order valence-corrected chi connectivity index (χ1v) is 8.89. The van der Waals surface area contributed by atoms with Crippen LogP contribution >= 0.6 is 0 Å². The highest BCUT2D eigenvalue weighted by Crippen LogP contribution is 2.31. The number of benzene rings is 2. The van der Waals surface area contributed by atoms with Gasteiger partial charge in [0.15, 0.2) is 11.5 Å². The number of nitrogens with zero attached hydrogens (tertiary/aromatic N) is 3. The Balaban J connectivity index is 1.80. The van der Waals surface area contributed by atoms with Gasteiger partial charge in [-0.3, -0.25) is 4.79 Å². The molecule has 3 rings (SSSR count). The summed E-state index contributed by atoms with van der Waals surface area (Å²) >= 11 is 0. The molecule has 0 radical (unpaired) electrons. The van der Waals surface area contributed by atoms with E-state index in [0.29, 0.717) is 48.9 Å². The van der Waals surface area contributed by atoms with E-state index in [0.717, 1.165) is 12.1 Å². The number of hydrogen-bond acceptors (Lipinski definition) is 5. The Morgan fingerprint density at radius 3 is 2.41 bits per heavy atom. The highest BCUT2D eigenvalue weighted by molar-refractivity contribution is 5.95. The van der Waals surface area contributed by atoms with Crippen molar-refractivity contribution in [1.82, 2.24) is 9.80 Å². The fourth-order valence-corrected chi connectivity index (χ4v) is 2.84. The van der Waals surface area contributed by atoms with E-state index in [1.165, 1.54) is 0 Å². The minimum absolute atomic E-state index is 0.0572. The molecule has 0 aliphatic carbocycles. The van der Waals surface area contributed by atoms with E-state index in [9.17, 15) is 4.79 Å². The van der Waals surface area contributed by atoms with Gasteiger partial charge in [-0.15, -0.1) is 0 Å². The normalized spacial score (nSPS) is 12.5. The Hall–Kier alpha value is -3.04. The van der Waals surface area contributed by atoms with Crippen LogP contribution in [-0.2, 0) is 6.54 Å². The van der Waals surface area contributed by atoms with Gasteiger partial charge in [0, 0.05) is 25.2 Å². The zero-order valence-electron chi connectivity index (χ0n) is 15.6. The van der Waals surface area contributed by atoms with Crippen LogP contribution in [0.25, 0.3) is 0 Å². The molecule has 6 heteroatoms. The predicted molar refractivity (Wildman–Crippen MR) is 102 cm³/mol. The molecule has 1 aliphatic heterocycles. The lowest BCUT2D eigenvalue weighted by atomic mass is 10.1. The van der Waals surface area contributed by atoms with Crippen LogP contribution in [0.4, 0.5) is 0 Å². The second-order valence-corrected chi connectivity index (χ2v) is 6.70. The van der Waals surface area contributed by atoms with Crippen molar-refractivity contribution in [2.75, 3.05) is 40.4 Å². The van der Waals surface area contributed by atoms with Crippen LogP contribution in [0.5, 0.6) is 11.5 Å². The number of carbonyl (C=O) groups is 1. The van der Waals surface area contributed by atoms with Crippen molar-refractivity contribution in [1.29, 1.82) is 5.26 Å². The van der Waals surface area contributed by atoms with Gasteiger partial charge in [-0.25, -0.2) is 0 Å². The van der Waals surface area contributed by atoms with Crippen LogP contribution in [0.2, 0.25) is 0 Å². The first-order valence-electron chi connectivity index (χ1n) is 8.89. The van der Waals surface area contributed by atoms with Crippen molar-refractivity contribution >= 4 is 5.91 Å². The molecule has 0 saturated heterocycles. The summed E-state index contributed by atoms with van der Waals surface area (Å²) in [7, 11) is 3.96. The SMILES string of the molecule is CN(C)CCN(Cc1ccc(C#N)cc1)C(=O)c1ccc2c(c1)OCCO2. The number of likely N-dealkylation sites (N-methyl/N-ethyl adjacent to an activating group) is 1. The molecule has 1 amide bonds. The summed E-state index contributed by atoms with van der Waals surface area (Å²) in [4.78, 5) is 17.0. The van der Waals surface area contributed by atoms with Gasteiger partial charge in [0.2, 0.25) is 0 Å². The molecule has 0 N–H and O–H groups in total. The topological polar surface area (TPSA) is 65.8 Å². The van der Waals surface area contributed by atoms with Crippen LogP contribution in [0.1, 0.15) is 21.5 Å². The summed E-state index contributed by atoms with van der Waals surface area (Å²) in [5.74, 6) is 1.22. The van der Waals surface area contributed by atoms with Crippen LogP contribution in [0, 0.1) is 11.3 Å². The monoisotopic (exact) mass is 365 g/mol. The standard InChI is InChI=1S/C21H23N3O3/c1-23(2)9-10-24(15-17-5-3-16(14-22)4-6-17)21(25)18-7-8-19-20(13-18)27-12-11-26-19/h3-8,13H,9-12,15H2,1-2H3. The molecule has 27 heavy (non-hydrogen) atoms. The molecule has 0 unspecified atom stereocenters. The van der Waals surface area contributed by atoms with E-state index in [4.69, 9.17) is 14.7 Å². The van der Waals surface area contributed by atoms with Crippen LogP contribution in [0.15, 0.2) is 42.5 Å². The Bertz CT molecular complexity index is 841. The Kier molecular flexibility index (Phi) is 5.94. The highest BCUT2D eigenvalue weighted by Gasteiger charge is 2.20. The largest absolute Gasteiger partial charge is 0.486 e. The molecule has 2 aromatic carbocycles. The van der Waals surface area contributed by atoms with Gasteiger partial charge in [0.05, 0.1) is 11.6 Å². The number of fused-ring (bicyclic) bond motifs is 1. The van der Waals surface area contributed by atoms with Crippen molar-refractivity contribution in [2.24, 2.45) is 0 Å². The average Bonchev–Trinajstić information content (AvgIpc) is 2.70. The maximum absolute atomic E-state index is 13.1. The molecule has 0 bridgehead atoms. The zero-order valence-corrected chi connectivity index (χ0v) is 15.6. The summed E-state index contributed by atoms with van der Waals surface area (Å²) in [6.45, 7) is 2.84. The van der Waals surface area contributed by atoms with E-state index >= 15 is 0 Å². The fourth-order valence-electron chi connectivity index (χ4n) is 2.84. The van der Waals surface area contributed by atoms with Crippen LogP contribution in [-0.4, -0.2) is 56.1 Å². The van der Waals surface area contributed by atoms with E-state index in [1.807, 2.05) is 36.0 Å². The molecule has 0 fully saturated rings. The number of ether oxygens (including phenoxy) is 2. The average molecular weight is 365 g/mol. The summed E-state index contributed by atoms with van der Waals surface area (Å²) in [6.07, 6.45) is 0. The molecule has 0 spiro atoms. The molecule has 0 saturated carbocycles. The first kappa shape index (κ1) is 18.7. The Labute approximate surface area is 159 Å². The zero-order chi connectivity index (χ0) is 19.2. The van der Waals surface area contributed by atoms with Crippen LogP contribution < -0.4 is 9.47 Å². The van der Waals surface area contributed by atoms with Crippen LogP contribution in [0.3, 0.4) is 0 Å². The lowest BCUT2D eigenvalue weighted by molar-refractivity contribution is 0.0731. The Morgan fingerprint density at radius 2 is 1.74 bits per heavy atom. The number of nitriles is 1. The molecule has 0 atom stereocenters. The molecular weight excluding hydrogens is 342 g/mol. The smallest absolute Gasteiger partial charge is 0.254 e. The lowest BCUT2D eigenvalue weighted by Crippen LogP contribution is -2.36. The van der Waals surface area contributed by atoms with Crippen molar-refractivity contribution in [3.05, 3.63) is 59.2 Å². The van der Waals surface area contributed by atoms with Gasteiger partial charge in [0.25, 0.3) is 5.91 Å². The fraction of sp³-hybridized carbons (Fsp3) is 0.333. The lowest BCUT2D eigenvalue weighted by Gasteiger charge is -2.25. The van der Waals surface area contributed by atoms with E-state index in [-0.39, 0.29) is 5.91 Å². The maximum atomic E-state index is 13.1. The second kappa shape index (κ2) is 8.56. The van der Waals surface area contributed by atoms with Crippen molar-refractivity contribution < 1.29 is 14.3 Å². The number of hydrogen-bond donors (Lipinski definition) is 0. The van der Waals surface area contributed by atoms with Crippen molar-refractivity contribution in [2.45, 2.75) is 6.54 Å². The Morgan fingerprint density at radius 1 is 1.04 bits per heavy atom. The minimum Gasteiger partial charge on any atom is -0.486 e. The van der Waals surface area contributed by atoms with Gasteiger partial charge in [-0.1, -0.05) is 12.1 Å². The molecule has 2 aromatic rings. The molecular formula is C21H23N3O3. The quantitative estimate of drug-likeness (QED) is 0.787.